The Labute approximate surface area is 60.2 Å². The molecular weight excluding hydrogens is 134 g/mol. The van der Waals surface area contributed by atoms with Gasteiger partial charge < -0.3 is 9.84 Å². The van der Waals surface area contributed by atoms with E-state index in [4.69, 9.17) is 9.84 Å². The molecule has 0 heterocycles. The fourth-order valence-corrected chi connectivity index (χ4v) is 0.502. The van der Waals surface area contributed by atoms with Crippen LogP contribution < -0.4 is 0 Å². The van der Waals surface area contributed by atoms with Crippen LogP contribution in [0.25, 0.3) is 0 Å². The lowest BCUT2D eigenvalue weighted by Gasteiger charge is -2.05. The SMILES string of the molecule is CCCOCC(O)CN=O. The molecule has 0 saturated carbocycles. The van der Waals surface area contributed by atoms with E-state index in [0.29, 0.717) is 6.61 Å². The largest absolute Gasteiger partial charge is 0.389 e. The number of nitroso groups, excluding NO2 is 1. The van der Waals surface area contributed by atoms with Gasteiger partial charge in [-0.25, -0.2) is 0 Å². The van der Waals surface area contributed by atoms with E-state index in [-0.39, 0.29) is 13.2 Å². The number of nitrogens with zero attached hydrogens (tertiary/aromatic N) is 1. The second kappa shape index (κ2) is 6.64. The summed E-state index contributed by atoms with van der Waals surface area (Å²) in [5.41, 5.74) is 0. The van der Waals surface area contributed by atoms with Crippen molar-refractivity contribution in [2.45, 2.75) is 19.4 Å². The van der Waals surface area contributed by atoms with Gasteiger partial charge in [0.15, 0.2) is 0 Å². The van der Waals surface area contributed by atoms with Gasteiger partial charge in [0.25, 0.3) is 0 Å². The molecule has 0 aliphatic rings. The van der Waals surface area contributed by atoms with Gasteiger partial charge in [0.05, 0.1) is 6.61 Å². The quantitative estimate of drug-likeness (QED) is 0.440. The highest BCUT2D eigenvalue weighted by Gasteiger charge is 2.01. The van der Waals surface area contributed by atoms with Crippen molar-refractivity contribution in [3.05, 3.63) is 4.91 Å². The van der Waals surface area contributed by atoms with Gasteiger partial charge in [-0.2, -0.15) is 4.91 Å². The lowest BCUT2D eigenvalue weighted by molar-refractivity contribution is 0.0417. The molecule has 0 saturated heterocycles. The van der Waals surface area contributed by atoms with Crippen LogP contribution in [0.5, 0.6) is 0 Å². The smallest absolute Gasteiger partial charge is 0.109 e. The third-order valence-electron chi connectivity index (χ3n) is 0.944. The summed E-state index contributed by atoms with van der Waals surface area (Å²) in [6.45, 7) is 2.73. The Balaban J connectivity index is 3.04. The normalized spacial score (nSPS) is 13.0. The summed E-state index contributed by atoms with van der Waals surface area (Å²) in [5, 5.41) is 11.4. The first-order valence-corrected chi connectivity index (χ1v) is 3.36. The zero-order chi connectivity index (χ0) is 7.82. The first-order valence-electron chi connectivity index (χ1n) is 3.36. The molecule has 0 aliphatic carbocycles. The van der Waals surface area contributed by atoms with E-state index in [0.717, 1.165) is 6.42 Å². The summed E-state index contributed by atoms with van der Waals surface area (Å²) < 4.78 is 4.95. The Bertz CT molecular complexity index is 87.1. The summed E-state index contributed by atoms with van der Waals surface area (Å²) in [6.07, 6.45) is 0.186. The van der Waals surface area contributed by atoms with E-state index >= 15 is 0 Å². The first-order chi connectivity index (χ1) is 4.81. The maximum Gasteiger partial charge on any atom is 0.109 e. The van der Waals surface area contributed by atoms with Crippen LogP contribution in [0.15, 0.2) is 5.18 Å². The van der Waals surface area contributed by atoms with E-state index in [1.54, 1.807) is 0 Å². The molecule has 0 amide bonds. The molecule has 0 rings (SSSR count). The molecule has 1 atom stereocenters. The molecule has 60 valence electrons. The van der Waals surface area contributed by atoms with E-state index in [2.05, 4.69) is 5.18 Å². The third-order valence-corrected chi connectivity index (χ3v) is 0.944. The maximum atomic E-state index is 9.58. The Morgan fingerprint density at radius 1 is 1.70 bits per heavy atom. The van der Waals surface area contributed by atoms with Crippen LogP contribution in [0, 0.1) is 4.91 Å². The van der Waals surface area contributed by atoms with Gasteiger partial charge in [-0.1, -0.05) is 12.1 Å². The van der Waals surface area contributed by atoms with Crippen molar-refractivity contribution in [2.24, 2.45) is 5.18 Å². The molecular formula is C6H13NO3. The molecule has 1 N–H and O–H groups in total. The fourth-order valence-electron chi connectivity index (χ4n) is 0.502. The molecule has 10 heavy (non-hydrogen) atoms. The highest BCUT2D eigenvalue weighted by molar-refractivity contribution is 4.55. The Hall–Kier alpha value is -0.480. The van der Waals surface area contributed by atoms with Crippen LogP contribution in [0.1, 0.15) is 13.3 Å². The van der Waals surface area contributed by atoms with Crippen molar-refractivity contribution in [1.29, 1.82) is 0 Å². The summed E-state index contributed by atoms with van der Waals surface area (Å²) in [5.74, 6) is 0. The molecule has 0 bridgehead atoms. The van der Waals surface area contributed by atoms with Gasteiger partial charge in [-0.3, -0.25) is 0 Å². The van der Waals surface area contributed by atoms with Crippen LogP contribution >= 0.6 is 0 Å². The zero-order valence-electron chi connectivity index (χ0n) is 6.12. The molecule has 4 nitrogen and oxygen atoms in total. The van der Waals surface area contributed by atoms with Crippen LogP contribution in [0.3, 0.4) is 0 Å². The summed E-state index contributed by atoms with van der Waals surface area (Å²) >= 11 is 0. The minimum atomic E-state index is -0.732. The highest BCUT2D eigenvalue weighted by atomic mass is 16.5. The van der Waals surface area contributed by atoms with Crippen molar-refractivity contribution >= 4 is 0 Å². The Kier molecular flexibility index (Phi) is 6.32. The average Bonchev–Trinajstić information content (AvgIpc) is 1.89. The molecule has 0 aromatic carbocycles. The fraction of sp³-hybridized carbons (Fsp3) is 1.00. The Morgan fingerprint density at radius 2 is 2.40 bits per heavy atom. The van der Waals surface area contributed by atoms with Crippen LogP contribution in [0.4, 0.5) is 0 Å². The van der Waals surface area contributed by atoms with Gasteiger partial charge in [0.2, 0.25) is 0 Å². The topological polar surface area (TPSA) is 58.9 Å². The molecule has 0 aliphatic heterocycles. The van der Waals surface area contributed by atoms with E-state index in [1.807, 2.05) is 6.92 Å². The second-order valence-electron chi connectivity index (χ2n) is 2.04. The van der Waals surface area contributed by atoms with Crippen LogP contribution in [-0.4, -0.2) is 31.0 Å². The van der Waals surface area contributed by atoms with Crippen LogP contribution in [0.2, 0.25) is 0 Å². The van der Waals surface area contributed by atoms with Gasteiger partial charge in [-0.05, 0) is 6.42 Å². The number of ether oxygens (including phenoxy) is 1. The first kappa shape index (κ1) is 9.52. The lowest BCUT2D eigenvalue weighted by Crippen LogP contribution is -2.18. The number of hydrogen-bond acceptors (Lipinski definition) is 4. The minimum Gasteiger partial charge on any atom is -0.389 e. The monoisotopic (exact) mass is 147 g/mol. The average molecular weight is 147 g/mol. The molecule has 0 aromatic rings. The van der Waals surface area contributed by atoms with Crippen molar-refractivity contribution < 1.29 is 9.84 Å². The van der Waals surface area contributed by atoms with Gasteiger partial charge in [0, 0.05) is 6.61 Å². The van der Waals surface area contributed by atoms with Gasteiger partial charge in [-0.15, -0.1) is 0 Å². The Morgan fingerprint density at radius 3 is 2.90 bits per heavy atom. The summed E-state index contributed by atoms with van der Waals surface area (Å²) in [4.78, 5) is 9.58. The maximum absolute atomic E-state index is 9.58. The number of aliphatic hydroxyl groups excluding tert-OH is 1. The van der Waals surface area contributed by atoms with E-state index in [9.17, 15) is 4.91 Å². The number of hydrogen-bond donors (Lipinski definition) is 1. The van der Waals surface area contributed by atoms with E-state index < -0.39 is 6.10 Å². The van der Waals surface area contributed by atoms with E-state index in [1.165, 1.54) is 0 Å². The minimum absolute atomic E-state index is 0.0796. The lowest BCUT2D eigenvalue weighted by atomic mass is 10.4. The molecule has 0 spiro atoms. The second-order valence-corrected chi connectivity index (χ2v) is 2.04. The summed E-state index contributed by atoms with van der Waals surface area (Å²) in [7, 11) is 0. The highest BCUT2D eigenvalue weighted by Crippen LogP contribution is 1.87. The van der Waals surface area contributed by atoms with Crippen LogP contribution in [-0.2, 0) is 4.74 Å². The molecule has 0 aromatic heterocycles. The van der Waals surface area contributed by atoms with Gasteiger partial charge in [0.1, 0.15) is 12.6 Å². The van der Waals surface area contributed by atoms with Crippen molar-refractivity contribution in [1.82, 2.24) is 0 Å². The predicted molar refractivity (Wildman–Crippen MR) is 37.8 cm³/mol. The molecule has 1 unspecified atom stereocenters. The van der Waals surface area contributed by atoms with Crippen molar-refractivity contribution in [2.75, 3.05) is 19.8 Å². The van der Waals surface area contributed by atoms with Crippen molar-refractivity contribution in [3.8, 4) is 0 Å². The predicted octanol–water partition coefficient (Wildman–Crippen LogP) is 0.540. The standard InChI is InChI=1S/C6H13NO3/c1-2-3-10-5-6(8)4-7-9/h6,8H,2-5H2,1H3. The van der Waals surface area contributed by atoms with Crippen molar-refractivity contribution in [3.63, 3.8) is 0 Å². The number of aliphatic hydroxyl groups is 1. The zero-order valence-corrected chi connectivity index (χ0v) is 6.12. The summed E-state index contributed by atoms with van der Waals surface area (Å²) in [6, 6.07) is 0. The molecule has 4 heteroatoms. The van der Waals surface area contributed by atoms with Gasteiger partial charge >= 0.3 is 0 Å². The molecule has 0 fully saturated rings. The third kappa shape index (κ3) is 5.65. The molecule has 0 radical (unpaired) electrons. The number of rotatable bonds is 6.